The van der Waals surface area contributed by atoms with Gasteiger partial charge >= 0.3 is 13.5 Å². The van der Waals surface area contributed by atoms with E-state index in [4.69, 9.17) is 9.39 Å². The normalized spacial score (nSPS) is 19.0. The zero-order chi connectivity index (χ0) is 19.1. The summed E-state index contributed by atoms with van der Waals surface area (Å²) in [6.07, 6.45) is 1.52. The summed E-state index contributed by atoms with van der Waals surface area (Å²) in [6, 6.07) is 3.65. The predicted molar refractivity (Wildman–Crippen MR) is 99.7 cm³/mol. The number of ether oxygens (including phenoxy) is 1. The number of fused-ring (bicyclic) bond motifs is 2. The van der Waals surface area contributed by atoms with Crippen LogP contribution in [0.25, 0.3) is 0 Å². The molecule has 1 radical (unpaired) electrons. The fourth-order valence-corrected chi connectivity index (χ4v) is 3.97. The number of benzene rings is 1. The molecule has 2 N–H and O–H groups in total. The Morgan fingerprint density at radius 1 is 1.39 bits per heavy atom. The van der Waals surface area contributed by atoms with Crippen LogP contribution in [0.5, 0.6) is 11.5 Å². The first-order chi connectivity index (χ1) is 13.7. The molecule has 1 fully saturated rings. The van der Waals surface area contributed by atoms with E-state index in [0.717, 1.165) is 69.2 Å². The van der Waals surface area contributed by atoms with Crippen molar-refractivity contribution < 1.29 is 19.3 Å². The molecule has 3 aliphatic heterocycles. The molecule has 0 aliphatic carbocycles. The van der Waals surface area contributed by atoms with Crippen LogP contribution in [0, 0.1) is 0 Å². The summed E-state index contributed by atoms with van der Waals surface area (Å²) in [5.74, 6) is 1.71. The molecular formula is C18H21BN5O4. The third-order valence-electron chi connectivity index (χ3n) is 5.43. The Hall–Kier alpha value is -2.59. The van der Waals surface area contributed by atoms with Gasteiger partial charge in [0.2, 0.25) is 0 Å². The van der Waals surface area contributed by atoms with Crippen LogP contribution in [0.3, 0.4) is 0 Å². The van der Waals surface area contributed by atoms with Crippen LogP contribution >= 0.6 is 0 Å². The first-order valence-electron chi connectivity index (χ1n) is 9.57. The summed E-state index contributed by atoms with van der Waals surface area (Å²) >= 11 is 0. The van der Waals surface area contributed by atoms with E-state index >= 15 is 0 Å². The van der Waals surface area contributed by atoms with E-state index in [1.165, 1.54) is 0 Å². The van der Waals surface area contributed by atoms with Crippen molar-refractivity contribution in [2.45, 2.75) is 38.5 Å². The summed E-state index contributed by atoms with van der Waals surface area (Å²) < 4.78 is 13.7. The van der Waals surface area contributed by atoms with Gasteiger partial charge in [-0.05, 0) is 24.4 Å². The van der Waals surface area contributed by atoms with Crippen molar-refractivity contribution in [2.24, 2.45) is 0 Å². The van der Waals surface area contributed by atoms with Crippen LogP contribution in [0.15, 0.2) is 12.1 Å². The Kier molecular flexibility index (Phi) is 4.44. The third-order valence-corrected chi connectivity index (χ3v) is 5.43. The Bertz CT molecular complexity index is 912. The molecule has 0 bridgehead atoms. The maximum absolute atomic E-state index is 11.8. The van der Waals surface area contributed by atoms with Gasteiger partial charge in [0.15, 0.2) is 0 Å². The second-order valence-corrected chi connectivity index (χ2v) is 7.35. The molecule has 4 heterocycles. The molecule has 0 atom stereocenters. The topological polar surface area (TPSA) is 102 Å². The number of nitrogens with one attached hydrogen (secondary N) is 1. The highest BCUT2D eigenvalue weighted by molar-refractivity contribution is 6.29. The van der Waals surface area contributed by atoms with Gasteiger partial charge in [0.1, 0.15) is 34.8 Å². The van der Waals surface area contributed by atoms with Crippen LogP contribution in [0.2, 0.25) is 6.32 Å². The van der Waals surface area contributed by atoms with E-state index < -0.39 is 5.97 Å². The zero-order valence-corrected chi connectivity index (χ0v) is 15.4. The number of hydrogen-bond acceptors (Lipinski definition) is 7. The van der Waals surface area contributed by atoms with Crippen molar-refractivity contribution in [3.8, 4) is 11.5 Å². The molecular weight excluding hydrogens is 361 g/mol. The average molecular weight is 382 g/mol. The van der Waals surface area contributed by atoms with Crippen LogP contribution in [0.4, 0.5) is 0 Å². The van der Waals surface area contributed by atoms with Gasteiger partial charge in [-0.2, -0.15) is 0 Å². The number of carboxylic acid groups (broad SMARTS) is 1. The standard InChI is InChI=1S/C18H21BN5O4/c25-18(26)16-13(2-1-11-3-4-19-28-17(11)16)27-12-8-23(9-12)10-15-22-21-14-7-20-5-6-24(14)15/h1-2,12,20H,3-10H2,(H,25,26). The van der Waals surface area contributed by atoms with Crippen molar-refractivity contribution in [1.82, 2.24) is 25.0 Å². The van der Waals surface area contributed by atoms with Crippen molar-refractivity contribution in [2.75, 3.05) is 19.6 Å². The lowest BCUT2D eigenvalue weighted by Gasteiger charge is -2.39. The minimum Gasteiger partial charge on any atom is -0.562 e. The highest BCUT2D eigenvalue weighted by Crippen LogP contribution is 2.36. The monoisotopic (exact) mass is 382 g/mol. The van der Waals surface area contributed by atoms with Crippen molar-refractivity contribution in [1.29, 1.82) is 0 Å². The molecule has 0 spiro atoms. The quantitative estimate of drug-likeness (QED) is 0.713. The highest BCUT2D eigenvalue weighted by atomic mass is 16.5. The number of likely N-dealkylation sites (tertiary alicyclic amines) is 1. The van der Waals surface area contributed by atoms with Crippen LogP contribution < -0.4 is 14.7 Å². The van der Waals surface area contributed by atoms with E-state index in [1.807, 2.05) is 6.07 Å². The first-order valence-corrected chi connectivity index (χ1v) is 9.57. The summed E-state index contributed by atoms with van der Waals surface area (Å²) in [7, 11) is 1.65. The molecule has 0 saturated carbocycles. The van der Waals surface area contributed by atoms with Crippen LogP contribution in [0.1, 0.15) is 27.6 Å². The minimum absolute atomic E-state index is 0.0471. The van der Waals surface area contributed by atoms with Crippen LogP contribution in [-0.4, -0.2) is 64.0 Å². The van der Waals surface area contributed by atoms with E-state index in [1.54, 1.807) is 13.5 Å². The molecule has 9 nitrogen and oxygen atoms in total. The molecule has 10 heteroatoms. The average Bonchev–Trinajstić information content (AvgIpc) is 3.08. The van der Waals surface area contributed by atoms with Crippen molar-refractivity contribution >= 4 is 13.5 Å². The second-order valence-electron chi connectivity index (χ2n) is 7.35. The van der Waals surface area contributed by atoms with Gasteiger partial charge in [0, 0.05) is 26.2 Å². The number of hydrogen-bond donors (Lipinski definition) is 2. The number of rotatable bonds is 5. The van der Waals surface area contributed by atoms with Gasteiger partial charge < -0.3 is 24.4 Å². The second kappa shape index (κ2) is 7.10. The Labute approximate surface area is 162 Å². The SMILES string of the molecule is O=C(O)c1c(OC2CN(Cc3nnc4n3CCNC4)C2)ccc2c1O[B]CC2. The molecule has 1 aromatic carbocycles. The number of aryl methyl sites for hydroxylation is 1. The Morgan fingerprint density at radius 3 is 3.14 bits per heavy atom. The lowest BCUT2D eigenvalue weighted by Crippen LogP contribution is -2.53. The smallest absolute Gasteiger partial charge is 0.370 e. The molecule has 2 aromatic rings. The Balaban J connectivity index is 1.24. The molecule has 3 aliphatic rings. The van der Waals surface area contributed by atoms with Crippen molar-refractivity contribution in [3.63, 3.8) is 0 Å². The number of aromatic nitrogens is 3. The predicted octanol–water partition coefficient (Wildman–Crippen LogP) is 0.315. The summed E-state index contributed by atoms with van der Waals surface area (Å²) in [5, 5.41) is 21.5. The maximum atomic E-state index is 11.8. The summed E-state index contributed by atoms with van der Waals surface area (Å²) in [6.45, 7) is 4.75. The molecule has 145 valence electrons. The fraction of sp³-hybridized carbons (Fsp3) is 0.500. The van der Waals surface area contributed by atoms with Crippen molar-refractivity contribution in [3.05, 3.63) is 34.9 Å². The zero-order valence-electron chi connectivity index (χ0n) is 15.4. The van der Waals surface area contributed by atoms with Gasteiger partial charge in [0.25, 0.3) is 0 Å². The first kappa shape index (κ1) is 17.5. The number of aromatic carboxylic acids is 1. The minimum atomic E-state index is -1.03. The Morgan fingerprint density at radius 2 is 2.29 bits per heavy atom. The van der Waals surface area contributed by atoms with Gasteiger partial charge in [0.05, 0.1) is 13.1 Å². The lowest BCUT2D eigenvalue weighted by molar-refractivity contribution is 0.0112. The molecule has 28 heavy (non-hydrogen) atoms. The largest absolute Gasteiger partial charge is 0.562 e. The van der Waals surface area contributed by atoms with Gasteiger partial charge in [-0.3, -0.25) is 4.90 Å². The third kappa shape index (κ3) is 3.12. The van der Waals surface area contributed by atoms with E-state index in [9.17, 15) is 9.90 Å². The molecule has 1 saturated heterocycles. The van der Waals surface area contributed by atoms with E-state index in [2.05, 4.69) is 25.0 Å². The van der Waals surface area contributed by atoms with E-state index in [-0.39, 0.29) is 11.7 Å². The number of carboxylic acids is 1. The molecule has 5 rings (SSSR count). The number of nitrogens with zero attached hydrogens (tertiary/aromatic N) is 4. The van der Waals surface area contributed by atoms with Gasteiger partial charge in [-0.25, -0.2) is 4.79 Å². The maximum Gasteiger partial charge on any atom is 0.370 e. The van der Waals surface area contributed by atoms with Gasteiger partial charge in [-0.15, -0.1) is 10.2 Å². The van der Waals surface area contributed by atoms with Crippen LogP contribution in [-0.2, 0) is 26.1 Å². The summed E-state index contributed by atoms with van der Waals surface area (Å²) in [4.78, 5) is 14.0. The number of carbonyl (C=O) groups is 1. The summed E-state index contributed by atoms with van der Waals surface area (Å²) in [5.41, 5.74) is 1.03. The molecule has 0 amide bonds. The van der Waals surface area contributed by atoms with Gasteiger partial charge in [-0.1, -0.05) is 6.07 Å². The molecule has 1 aromatic heterocycles. The highest BCUT2D eigenvalue weighted by Gasteiger charge is 2.32. The van der Waals surface area contributed by atoms with E-state index in [0.29, 0.717) is 11.5 Å². The fourth-order valence-electron chi connectivity index (χ4n) is 3.97. The molecule has 0 unspecified atom stereocenters. The lowest BCUT2D eigenvalue weighted by atomic mass is 9.85.